The van der Waals surface area contributed by atoms with E-state index < -0.39 is 11.9 Å². The van der Waals surface area contributed by atoms with Gasteiger partial charge in [-0.3, -0.25) is 0 Å². The molecule has 0 amide bonds. The molecular formula is C22H26O6. The van der Waals surface area contributed by atoms with Crippen molar-refractivity contribution in [2.24, 2.45) is 5.92 Å². The van der Waals surface area contributed by atoms with E-state index in [4.69, 9.17) is 19.3 Å². The van der Waals surface area contributed by atoms with Crippen molar-refractivity contribution in [2.75, 3.05) is 19.8 Å². The number of carbonyl (C=O) groups is 2. The van der Waals surface area contributed by atoms with E-state index >= 15 is 0 Å². The molecule has 0 aliphatic rings. The Morgan fingerprint density at radius 2 is 1.43 bits per heavy atom. The van der Waals surface area contributed by atoms with E-state index in [0.717, 1.165) is 0 Å². The third kappa shape index (κ3) is 7.04. The van der Waals surface area contributed by atoms with Gasteiger partial charge in [-0.2, -0.15) is 0 Å². The highest BCUT2D eigenvalue weighted by Crippen LogP contribution is 2.17. The van der Waals surface area contributed by atoms with Crippen LogP contribution in [0.4, 0.5) is 0 Å². The Kier molecular flexibility index (Phi) is 8.49. The van der Waals surface area contributed by atoms with Gasteiger partial charge in [0.05, 0.1) is 24.3 Å². The van der Waals surface area contributed by atoms with Crippen molar-refractivity contribution < 1.29 is 28.9 Å². The normalized spacial score (nSPS) is 10.6. The number of carbonyl (C=O) groups excluding carboxylic acids is 2. The van der Waals surface area contributed by atoms with Crippen molar-refractivity contribution in [3.63, 3.8) is 0 Å². The molecule has 2 aromatic carbocycles. The van der Waals surface area contributed by atoms with Gasteiger partial charge in [-0.1, -0.05) is 13.8 Å². The summed E-state index contributed by atoms with van der Waals surface area (Å²) in [6, 6.07) is 12.9. The van der Waals surface area contributed by atoms with E-state index in [-0.39, 0.29) is 13.2 Å². The maximum absolute atomic E-state index is 12.2. The van der Waals surface area contributed by atoms with Crippen LogP contribution in [0.25, 0.3) is 0 Å². The van der Waals surface area contributed by atoms with E-state index in [0.29, 0.717) is 48.0 Å². The van der Waals surface area contributed by atoms with Crippen LogP contribution < -0.4 is 9.47 Å². The number of esters is 2. The number of ether oxygens (including phenoxy) is 3. The van der Waals surface area contributed by atoms with E-state index in [1.165, 1.54) is 0 Å². The smallest absolute Gasteiger partial charge is 0.343 e. The highest BCUT2D eigenvalue weighted by molar-refractivity contribution is 5.92. The van der Waals surface area contributed by atoms with Crippen LogP contribution in [0.5, 0.6) is 11.5 Å². The van der Waals surface area contributed by atoms with Gasteiger partial charge in [-0.15, -0.1) is 0 Å². The van der Waals surface area contributed by atoms with E-state index in [9.17, 15) is 9.59 Å². The van der Waals surface area contributed by atoms with Gasteiger partial charge in [0.2, 0.25) is 0 Å². The van der Waals surface area contributed by atoms with Gasteiger partial charge in [-0.05, 0) is 67.3 Å². The summed E-state index contributed by atoms with van der Waals surface area (Å²) < 4.78 is 16.0. The molecule has 1 N–H and O–H groups in total. The standard InChI is InChI=1S/C22H26O6/c1-16(2)15-27-19-9-5-18(6-10-19)22(25)28-20-11-7-17(8-12-20)21(24)26-14-4-3-13-23/h5-12,16,23H,3-4,13-15H2,1-2H3. The first-order chi connectivity index (χ1) is 13.5. The molecule has 0 atom stereocenters. The Morgan fingerprint density at radius 1 is 0.857 bits per heavy atom. The second-order valence-corrected chi connectivity index (χ2v) is 6.71. The molecule has 0 saturated carbocycles. The fourth-order valence-electron chi connectivity index (χ4n) is 2.24. The number of hydrogen-bond donors (Lipinski definition) is 1. The van der Waals surface area contributed by atoms with Gasteiger partial charge in [0.15, 0.2) is 0 Å². The molecule has 0 saturated heterocycles. The minimum absolute atomic E-state index is 0.0747. The van der Waals surface area contributed by atoms with Crippen LogP contribution in [-0.4, -0.2) is 36.9 Å². The predicted molar refractivity (Wildman–Crippen MR) is 105 cm³/mol. The summed E-state index contributed by atoms with van der Waals surface area (Å²) in [5, 5.41) is 8.70. The number of rotatable bonds is 10. The van der Waals surface area contributed by atoms with E-state index in [1.54, 1.807) is 48.5 Å². The van der Waals surface area contributed by atoms with Gasteiger partial charge in [-0.25, -0.2) is 9.59 Å². The van der Waals surface area contributed by atoms with Gasteiger partial charge in [0, 0.05) is 6.61 Å². The van der Waals surface area contributed by atoms with Crippen LogP contribution in [0.2, 0.25) is 0 Å². The van der Waals surface area contributed by atoms with Crippen LogP contribution in [0.3, 0.4) is 0 Å². The first kappa shape index (κ1) is 21.4. The lowest BCUT2D eigenvalue weighted by Crippen LogP contribution is -2.10. The van der Waals surface area contributed by atoms with Crippen molar-refractivity contribution in [3.8, 4) is 11.5 Å². The third-order valence-electron chi connectivity index (χ3n) is 3.76. The fraction of sp³-hybridized carbons (Fsp3) is 0.364. The topological polar surface area (TPSA) is 82.1 Å². The van der Waals surface area contributed by atoms with Crippen LogP contribution >= 0.6 is 0 Å². The monoisotopic (exact) mass is 386 g/mol. The SMILES string of the molecule is CC(C)COc1ccc(C(=O)Oc2ccc(C(=O)OCCCCO)cc2)cc1. The molecule has 0 heterocycles. The molecule has 0 aliphatic carbocycles. The molecule has 28 heavy (non-hydrogen) atoms. The quantitative estimate of drug-likeness (QED) is 0.379. The summed E-state index contributed by atoms with van der Waals surface area (Å²) in [6.45, 7) is 5.07. The molecule has 0 radical (unpaired) electrons. The molecule has 6 nitrogen and oxygen atoms in total. The highest BCUT2D eigenvalue weighted by atomic mass is 16.5. The van der Waals surface area contributed by atoms with E-state index in [1.807, 2.05) is 0 Å². The lowest BCUT2D eigenvalue weighted by molar-refractivity contribution is 0.0492. The average molecular weight is 386 g/mol. The minimum Gasteiger partial charge on any atom is -0.493 e. The first-order valence-corrected chi connectivity index (χ1v) is 9.32. The fourth-order valence-corrected chi connectivity index (χ4v) is 2.24. The molecule has 0 unspecified atom stereocenters. The number of benzene rings is 2. The molecule has 2 aromatic rings. The molecule has 0 bridgehead atoms. The Morgan fingerprint density at radius 3 is 2.00 bits per heavy atom. The zero-order valence-corrected chi connectivity index (χ0v) is 16.2. The average Bonchev–Trinajstić information content (AvgIpc) is 2.70. The molecule has 2 rings (SSSR count). The lowest BCUT2D eigenvalue weighted by atomic mass is 10.2. The molecule has 6 heteroatoms. The molecule has 0 fully saturated rings. The minimum atomic E-state index is -0.491. The number of aliphatic hydroxyl groups excluding tert-OH is 1. The molecular weight excluding hydrogens is 360 g/mol. The van der Waals surface area contributed by atoms with Crippen molar-refractivity contribution in [2.45, 2.75) is 26.7 Å². The second-order valence-electron chi connectivity index (χ2n) is 6.71. The highest BCUT2D eigenvalue weighted by Gasteiger charge is 2.11. The maximum Gasteiger partial charge on any atom is 0.343 e. The summed E-state index contributed by atoms with van der Waals surface area (Å²) in [7, 11) is 0. The first-order valence-electron chi connectivity index (χ1n) is 9.32. The molecule has 0 aliphatic heterocycles. The van der Waals surface area contributed by atoms with Crippen LogP contribution in [-0.2, 0) is 4.74 Å². The predicted octanol–water partition coefficient (Wildman–Crippen LogP) is 3.87. The summed E-state index contributed by atoms with van der Waals surface area (Å²) >= 11 is 0. The second kappa shape index (κ2) is 11.1. The van der Waals surface area contributed by atoms with Crippen molar-refractivity contribution in [1.82, 2.24) is 0 Å². The Hall–Kier alpha value is -2.86. The Labute approximate surface area is 165 Å². The van der Waals surface area contributed by atoms with Crippen LogP contribution in [0, 0.1) is 5.92 Å². The summed E-state index contributed by atoms with van der Waals surface area (Å²) in [6.07, 6.45) is 1.20. The van der Waals surface area contributed by atoms with Gasteiger partial charge >= 0.3 is 11.9 Å². The largest absolute Gasteiger partial charge is 0.493 e. The molecule has 0 spiro atoms. The summed E-state index contributed by atoms with van der Waals surface area (Å²) in [5.74, 6) is 0.516. The van der Waals surface area contributed by atoms with Crippen molar-refractivity contribution >= 4 is 11.9 Å². The van der Waals surface area contributed by atoms with Gasteiger partial charge < -0.3 is 19.3 Å². The number of unbranched alkanes of at least 4 members (excludes halogenated alkanes) is 1. The molecule has 0 aromatic heterocycles. The van der Waals surface area contributed by atoms with Crippen molar-refractivity contribution in [3.05, 3.63) is 59.7 Å². The Bertz CT molecular complexity index is 750. The summed E-state index contributed by atoms with van der Waals surface area (Å²) in [4.78, 5) is 24.1. The molecule has 150 valence electrons. The van der Waals surface area contributed by atoms with Crippen molar-refractivity contribution in [1.29, 1.82) is 0 Å². The zero-order chi connectivity index (χ0) is 20.4. The van der Waals surface area contributed by atoms with Crippen LogP contribution in [0.1, 0.15) is 47.4 Å². The lowest BCUT2D eigenvalue weighted by Gasteiger charge is -2.09. The van der Waals surface area contributed by atoms with Gasteiger partial charge in [0.1, 0.15) is 11.5 Å². The Balaban J connectivity index is 1.87. The number of aliphatic hydroxyl groups is 1. The summed E-state index contributed by atoms with van der Waals surface area (Å²) in [5.41, 5.74) is 0.778. The van der Waals surface area contributed by atoms with Crippen LogP contribution in [0.15, 0.2) is 48.5 Å². The van der Waals surface area contributed by atoms with E-state index in [2.05, 4.69) is 13.8 Å². The number of hydrogen-bond acceptors (Lipinski definition) is 6. The van der Waals surface area contributed by atoms with Gasteiger partial charge in [0.25, 0.3) is 0 Å². The maximum atomic E-state index is 12.2. The zero-order valence-electron chi connectivity index (χ0n) is 16.2. The third-order valence-corrected chi connectivity index (χ3v) is 3.76.